The van der Waals surface area contributed by atoms with Crippen LogP contribution in [-0.2, 0) is 38.1 Å². The summed E-state index contributed by atoms with van der Waals surface area (Å²) in [6.45, 7) is 13.6. The van der Waals surface area contributed by atoms with Crippen molar-refractivity contribution in [1.29, 1.82) is 0 Å². The maximum atomic E-state index is 12.8. The van der Waals surface area contributed by atoms with Crippen molar-refractivity contribution in [2.45, 2.75) is 270 Å². The minimum absolute atomic E-state index is 0.129. The van der Waals surface area contributed by atoms with Gasteiger partial charge in [-0.3, -0.25) is 38.8 Å². The molecule has 1 aliphatic rings. The Morgan fingerprint density at radius 3 is 0.698 bits per heavy atom. The summed E-state index contributed by atoms with van der Waals surface area (Å²) in [7, 11) is 0. The lowest BCUT2D eigenvalue weighted by atomic mass is 10.1. The fraction of sp³-hybridized carbons (Fsp3) is 0.829. The summed E-state index contributed by atoms with van der Waals surface area (Å²) in [6.07, 6.45) is 45.6. The van der Waals surface area contributed by atoms with Crippen LogP contribution < -0.4 is 0 Å². The zero-order chi connectivity index (χ0) is 62.8. The van der Waals surface area contributed by atoms with Gasteiger partial charge in [-0.1, -0.05) is 153 Å². The van der Waals surface area contributed by atoms with E-state index in [1.165, 1.54) is 103 Å². The average Bonchev–Trinajstić information content (AvgIpc) is 3.67. The number of carbonyl (C=O) groups is 4. The van der Waals surface area contributed by atoms with Crippen molar-refractivity contribution in [1.82, 2.24) is 19.6 Å². The van der Waals surface area contributed by atoms with Gasteiger partial charge in [0.25, 0.3) is 0 Å². The molecule has 4 atom stereocenters. The minimum atomic E-state index is -0.939. The molecule has 16 nitrogen and oxygen atoms in total. The molecule has 500 valence electrons. The van der Waals surface area contributed by atoms with Gasteiger partial charge in [-0.25, -0.2) is 0 Å². The van der Waals surface area contributed by atoms with Gasteiger partial charge in [0.15, 0.2) is 0 Å². The Bertz CT molecular complexity index is 1490. The molecule has 0 aromatic heterocycles. The first-order chi connectivity index (χ1) is 41.9. The number of rotatable bonds is 52. The molecule has 1 saturated heterocycles. The van der Waals surface area contributed by atoms with Crippen LogP contribution in [0.15, 0.2) is 48.6 Å². The Balaban J connectivity index is 3.17. The van der Waals surface area contributed by atoms with Gasteiger partial charge in [-0.05, 0) is 142 Å². The topological polar surface area (TPSA) is 199 Å². The van der Waals surface area contributed by atoms with Gasteiger partial charge in [-0.2, -0.15) is 0 Å². The zero-order valence-electron chi connectivity index (χ0n) is 55.1. The Morgan fingerprint density at radius 1 is 0.302 bits per heavy atom. The lowest BCUT2D eigenvalue weighted by Crippen LogP contribution is -2.47. The smallest absolute Gasteiger partial charge is 0.305 e. The second-order valence-corrected chi connectivity index (χ2v) is 24.1. The van der Waals surface area contributed by atoms with Crippen molar-refractivity contribution >= 4 is 23.9 Å². The Hall–Kier alpha value is -3.48. The molecule has 0 spiro atoms. The van der Waals surface area contributed by atoms with Crippen LogP contribution in [0, 0.1) is 0 Å². The third kappa shape index (κ3) is 52.5. The first-order valence-electron chi connectivity index (χ1n) is 34.7. The van der Waals surface area contributed by atoms with Gasteiger partial charge in [0.05, 0.1) is 0 Å². The maximum Gasteiger partial charge on any atom is 0.305 e. The highest BCUT2D eigenvalue weighted by molar-refractivity contribution is 5.70. The van der Waals surface area contributed by atoms with Gasteiger partial charge in [0.1, 0.15) is 50.8 Å². The van der Waals surface area contributed by atoms with E-state index in [0.29, 0.717) is 90.9 Å². The van der Waals surface area contributed by atoms with Gasteiger partial charge >= 0.3 is 23.9 Å². The monoisotopic (exact) mass is 1220 g/mol. The highest BCUT2D eigenvalue weighted by Gasteiger charge is 2.23. The number of hydrogen-bond acceptors (Lipinski definition) is 16. The van der Waals surface area contributed by atoms with Crippen molar-refractivity contribution in [3.05, 3.63) is 48.6 Å². The molecule has 1 rings (SSSR count). The van der Waals surface area contributed by atoms with E-state index in [2.05, 4.69) is 95.9 Å². The Labute approximate surface area is 523 Å². The Morgan fingerprint density at radius 2 is 0.500 bits per heavy atom. The van der Waals surface area contributed by atoms with E-state index in [1.54, 1.807) is 0 Å². The largest absolute Gasteiger partial charge is 0.463 e. The summed E-state index contributed by atoms with van der Waals surface area (Å²) in [5, 5.41) is 45.3. The van der Waals surface area contributed by atoms with Crippen LogP contribution >= 0.6 is 0 Å². The van der Waals surface area contributed by atoms with E-state index in [4.69, 9.17) is 18.9 Å². The number of esters is 4. The second-order valence-electron chi connectivity index (χ2n) is 24.1. The van der Waals surface area contributed by atoms with Crippen LogP contribution in [0.3, 0.4) is 0 Å². The summed E-state index contributed by atoms with van der Waals surface area (Å²) < 4.78 is 22.3. The SMILES string of the molecule is CCCCCC/C=C/CCCC(=O)OCC(O)CN1CCCN(CC(O)COC(=O)CCC/C=C/CCCCCC)CCN(CC(O)COC(=O)CCC/C=C/CCCCCC)CCCN(CC(O)COC(=O)CCC/C=C/CCCCCC)CC1. The summed E-state index contributed by atoms with van der Waals surface area (Å²) in [4.78, 5) is 59.6. The molecule has 16 heteroatoms. The number of nitrogens with zero attached hydrogens (tertiary/aromatic N) is 4. The maximum absolute atomic E-state index is 12.8. The molecule has 0 aliphatic carbocycles. The first kappa shape index (κ1) is 80.5. The van der Waals surface area contributed by atoms with E-state index in [0.717, 1.165) is 51.4 Å². The highest BCUT2D eigenvalue weighted by Crippen LogP contribution is 2.13. The molecular formula is C70H128N4O12. The van der Waals surface area contributed by atoms with Crippen molar-refractivity contribution < 1.29 is 58.6 Å². The number of carbonyl (C=O) groups excluding carboxylic acids is 4. The number of aliphatic hydroxyl groups is 4. The van der Waals surface area contributed by atoms with Gasteiger partial charge in [0.2, 0.25) is 0 Å². The normalized spacial score (nSPS) is 16.5. The van der Waals surface area contributed by atoms with Crippen LogP contribution in [0.25, 0.3) is 0 Å². The molecule has 4 N–H and O–H groups in total. The first-order valence-corrected chi connectivity index (χ1v) is 34.7. The van der Waals surface area contributed by atoms with Crippen molar-refractivity contribution in [2.75, 3.05) is 105 Å². The lowest BCUT2D eigenvalue weighted by Gasteiger charge is -2.34. The predicted molar refractivity (Wildman–Crippen MR) is 350 cm³/mol. The number of aliphatic hydroxyl groups excluding tert-OH is 4. The van der Waals surface area contributed by atoms with E-state index >= 15 is 0 Å². The van der Waals surface area contributed by atoms with Crippen LogP contribution in [0.1, 0.15) is 246 Å². The van der Waals surface area contributed by atoms with Crippen LogP contribution in [0.5, 0.6) is 0 Å². The van der Waals surface area contributed by atoms with Crippen LogP contribution in [-0.4, -0.2) is 193 Å². The fourth-order valence-corrected chi connectivity index (χ4v) is 10.4. The molecule has 1 heterocycles. The zero-order valence-corrected chi connectivity index (χ0v) is 55.1. The van der Waals surface area contributed by atoms with Crippen molar-refractivity contribution in [3.63, 3.8) is 0 Å². The van der Waals surface area contributed by atoms with Crippen LogP contribution in [0.4, 0.5) is 0 Å². The standard InChI is InChI=1S/C70H128N4O12/c1-5-9-13-17-21-25-29-33-37-43-67(79)83-59-63(75)55-71-47-41-48-73(57-65(77)61-85-69(81)45-39-35-31-27-23-19-15-11-7-3)53-54-74(58-66(78)62-86-70(82)46-40-36-32-28-24-20-16-12-8-4)50-42-49-72(52-51-71)56-64(76)60-84-68(80)44-38-34-30-26-22-18-14-10-6-2/h25-32,63-66,75-78H,5-24,33-62H2,1-4H3/b29-25+,30-26+,31-27+,32-28+. The summed E-state index contributed by atoms with van der Waals surface area (Å²) in [6, 6.07) is 0. The predicted octanol–water partition coefficient (Wildman–Crippen LogP) is 12.4. The molecular weight excluding hydrogens is 1090 g/mol. The van der Waals surface area contributed by atoms with Crippen molar-refractivity contribution in [3.8, 4) is 0 Å². The molecule has 0 radical (unpaired) electrons. The molecule has 1 aliphatic heterocycles. The molecule has 0 amide bonds. The number of allylic oxidation sites excluding steroid dienone is 8. The highest BCUT2D eigenvalue weighted by atomic mass is 16.6. The number of hydrogen-bond donors (Lipinski definition) is 4. The second kappa shape index (κ2) is 59.2. The third-order valence-corrected chi connectivity index (χ3v) is 15.6. The number of unbranched alkanes of at least 4 members (excludes halogenated alkanes) is 20. The molecule has 1 fully saturated rings. The fourth-order valence-electron chi connectivity index (χ4n) is 10.4. The van der Waals surface area contributed by atoms with Crippen LogP contribution in [0.2, 0.25) is 0 Å². The van der Waals surface area contributed by atoms with Gasteiger partial charge in [-0.15, -0.1) is 0 Å². The molecule has 0 aromatic rings. The number of ether oxygens (including phenoxy) is 4. The summed E-state index contributed by atoms with van der Waals surface area (Å²) >= 11 is 0. The quantitative estimate of drug-likeness (QED) is 0.0194. The average molecular weight is 1220 g/mol. The summed E-state index contributed by atoms with van der Waals surface area (Å²) in [5.41, 5.74) is 0. The Kier molecular flexibility index (Phi) is 55.4. The van der Waals surface area contributed by atoms with Gasteiger partial charge in [0, 0.05) is 78.0 Å². The molecule has 86 heavy (non-hydrogen) atoms. The van der Waals surface area contributed by atoms with E-state index in [-0.39, 0.29) is 102 Å². The molecule has 4 unspecified atom stereocenters. The minimum Gasteiger partial charge on any atom is -0.463 e. The van der Waals surface area contributed by atoms with E-state index < -0.39 is 24.4 Å². The molecule has 0 bridgehead atoms. The third-order valence-electron chi connectivity index (χ3n) is 15.6. The van der Waals surface area contributed by atoms with Gasteiger partial charge < -0.3 is 39.4 Å². The molecule has 0 saturated carbocycles. The number of β-amino-alcohol motifs (C(OH)–C–C–N with tert-alkyl or cyclic N) is 4. The van der Waals surface area contributed by atoms with E-state index in [9.17, 15) is 39.6 Å². The summed E-state index contributed by atoms with van der Waals surface area (Å²) in [5.74, 6) is -1.34. The van der Waals surface area contributed by atoms with E-state index in [1.807, 2.05) is 0 Å². The molecule has 0 aromatic carbocycles. The van der Waals surface area contributed by atoms with Crippen molar-refractivity contribution in [2.24, 2.45) is 0 Å². The lowest BCUT2D eigenvalue weighted by molar-refractivity contribution is -0.148.